The second-order valence-electron chi connectivity index (χ2n) is 7.97. The van der Waals surface area contributed by atoms with E-state index in [4.69, 9.17) is 4.74 Å². The molecule has 0 aliphatic carbocycles. The molecule has 2 amide bonds. The molecule has 0 spiro atoms. The highest BCUT2D eigenvalue weighted by molar-refractivity contribution is 9.09. The van der Waals surface area contributed by atoms with E-state index in [1.165, 1.54) is 4.90 Å². The predicted molar refractivity (Wildman–Crippen MR) is 120 cm³/mol. The summed E-state index contributed by atoms with van der Waals surface area (Å²) in [5.74, 6) is -1.41. The Morgan fingerprint density at radius 2 is 1.93 bits per heavy atom. The first kappa shape index (κ1) is 23.1. The zero-order valence-corrected chi connectivity index (χ0v) is 20.7. The van der Waals surface area contributed by atoms with E-state index < -0.39 is 50.4 Å². The minimum Gasteiger partial charge on any atom is -0.455 e. The Hall–Kier alpha value is -1.52. The summed E-state index contributed by atoms with van der Waals surface area (Å²) in [6.45, 7) is 5.20. The quantitative estimate of drug-likeness (QED) is 0.339. The molecule has 1 saturated heterocycles. The van der Waals surface area contributed by atoms with Gasteiger partial charge in [-0.05, 0) is 31.9 Å². The number of hydrogen-bond acceptors (Lipinski definition) is 5. The summed E-state index contributed by atoms with van der Waals surface area (Å²) in [6.07, 6.45) is 0. The predicted octanol–water partition coefficient (Wildman–Crippen LogP) is 2.53. The smallest absolute Gasteiger partial charge is 0.355 e. The molecule has 162 valence electrons. The lowest BCUT2D eigenvalue weighted by molar-refractivity contribution is -0.159. The number of rotatable bonds is 5. The maximum Gasteiger partial charge on any atom is 0.355 e. The lowest BCUT2D eigenvalue weighted by Crippen LogP contribution is -2.74. The summed E-state index contributed by atoms with van der Waals surface area (Å²) in [5, 5.41) is 2.16. The minimum atomic E-state index is -1.46. The normalized spacial score (nSPS) is 24.6. The Kier molecular flexibility index (Phi) is 6.88. The van der Waals surface area contributed by atoms with Gasteiger partial charge in [0, 0.05) is 5.33 Å². The van der Waals surface area contributed by atoms with E-state index >= 15 is 0 Å². The number of hydrogen-bond donors (Lipinski definition) is 1. The molecular formula is C20H22Br2N2O5S. The monoisotopic (exact) mass is 560 g/mol. The zero-order chi connectivity index (χ0) is 22.2. The van der Waals surface area contributed by atoms with Crippen LogP contribution in [0.15, 0.2) is 41.6 Å². The van der Waals surface area contributed by atoms with Crippen LogP contribution in [0.2, 0.25) is 0 Å². The van der Waals surface area contributed by atoms with Crippen LogP contribution in [0.3, 0.4) is 0 Å². The van der Waals surface area contributed by atoms with Crippen LogP contribution in [-0.4, -0.2) is 55.0 Å². The molecule has 10 heteroatoms. The summed E-state index contributed by atoms with van der Waals surface area (Å²) in [6, 6.07) is 8.07. The Morgan fingerprint density at radius 1 is 1.30 bits per heavy atom. The summed E-state index contributed by atoms with van der Waals surface area (Å²) < 4.78 is 18.3. The first-order valence-corrected chi connectivity index (χ1v) is 12.7. The number of fused-ring (bicyclic) bond motifs is 1. The lowest BCUT2D eigenvalue weighted by Gasteiger charge is -2.49. The minimum absolute atomic E-state index is 0.111. The van der Waals surface area contributed by atoms with E-state index in [0.29, 0.717) is 10.9 Å². The fraction of sp³-hybridized carbons (Fsp3) is 0.450. The van der Waals surface area contributed by atoms with Crippen molar-refractivity contribution in [3.8, 4) is 0 Å². The average molecular weight is 562 g/mol. The fourth-order valence-electron chi connectivity index (χ4n) is 3.27. The molecule has 30 heavy (non-hydrogen) atoms. The largest absolute Gasteiger partial charge is 0.455 e. The Morgan fingerprint density at radius 3 is 2.50 bits per heavy atom. The van der Waals surface area contributed by atoms with Gasteiger partial charge in [0.15, 0.2) is 0 Å². The van der Waals surface area contributed by atoms with Crippen LogP contribution in [0, 0.1) is 0 Å². The number of carbonyl (C=O) groups excluding carboxylic acids is 3. The number of esters is 1. The van der Waals surface area contributed by atoms with E-state index in [1.807, 2.05) is 18.2 Å². The Balaban J connectivity index is 1.81. The third-order valence-corrected chi connectivity index (χ3v) is 7.85. The second kappa shape index (κ2) is 8.92. The van der Waals surface area contributed by atoms with Gasteiger partial charge >= 0.3 is 5.97 Å². The van der Waals surface area contributed by atoms with Crippen molar-refractivity contribution in [1.82, 2.24) is 10.2 Å². The number of ether oxygens (including phenoxy) is 1. The van der Waals surface area contributed by atoms with Crippen molar-refractivity contribution < 1.29 is 23.3 Å². The van der Waals surface area contributed by atoms with Crippen molar-refractivity contribution in [2.24, 2.45) is 0 Å². The van der Waals surface area contributed by atoms with Crippen molar-refractivity contribution in [2.75, 3.05) is 11.1 Å². The van der Waals surface area contributed by atoms with Gasteiger partial charge in [-0.25, -0.2) is 4.79 Å². The van der Waals surface area contributed by atoms with Gasteiger partial charge in [0.2, 0.25) is 5.91 Å². The Bertz CT molecular complexity index is 929. The third-order valence-electron chi connectivity index (χ3n) is 4.58. The Labute approximate surface area is 194 Å². The molecule has 1 aromatic carbocycles. The number of halogens is 2. The molecule has 1 unspecified atom stereocenters. The number of carbonyl (C=O) groups is 3. The van der Waals surface area contributed by atoms with Crippen LogP contribution < -0.4 is 5.32 Å². The van der Waals surface area contributed by atoms with Gasteiger partial charge in [0.05, 0.1) is 16.6 Å². The molecule has 0 saturated carbocycles. The molecule has 1 N–H and O–H groups in total. The molecule has 2 aliphatic heterocycles. The van der Waals surface area contributed by atoms with Gasteiger partial charge < -0.3 is 10.1 Å². The van der Waals surface area contributed by atoms with E-state index in [1.54, 1.807) is 32.9 Å². The maximum absolute atomic E-state index is 12.9. The summed E-state index contributed by atoms with van der Waals surface area (Å²) in [5.41, 5.74) is 0.646. The summed E-state index contributed by atoms with van der Waals surface area (Å²) >= 11 is 6.65. The number of β-lactam (4-membered cyclic amide) rings is 1. The molecule has 4 atom stereocenters. The molecule has 2 aliphatic rings. The third kappa shape index (κ3) is 4.55. The number of nitrogens with one attached hydrogen (secondary N) is 1. The lowest BCUT2D eigenvalue weighted by atomic mass is 10.0. The van der Waals surface area contributed by atoms with Gasteiger partial charge in [-0.2, -0.15) is 0 Å². The molecule has 0 bridgehead atoms. The van der Waals surface area contributed by atoms with Crippen molar-refractivity contribution in [2.45, 2.75) is 42.6 Å². The molecular weight excluding hydrogens is 540 g/mol. The molecule has 1 fully saturated rings. The van der Waals surface area contributed by atoms with Gasteiger partial charge in [-0.15, -0.1) is 0 Å². The van der Waals surface area contributed by atoms with Crippen molar-refractivity contribution >= 4 is 60.4 Å². The maximum atomic E-state index is 12.9. The first-order valence-electron chi connectivity index (χ1n) is 9.26. The number of nitrogens with zero attached hydrogens (tertiary/aromatic N) is 1. The van der Waals surface area contributed by atoms with Crippen LogP contribution in [0.1, 0.15) is 31.2 Å². The van der Waals surface area contributed by atoms with Crippen LogP contribution >= 0.6 is 31.9 Å². The molecule has 2 heterocycles. The van der Waals surface area contributed by atoms with E-state index in [9.17, 15) is 18.6 Å². The van der Waals surface area contributed by atoms with Crippen molar-refractivity contribution in [3.05, 3.63) is 47.2 Å². The zero-order valence-electron chi connectivity index (χ0n) is 16.7. The van der Waals surface area contributed by atoms with Crippen molar-refractivity contribution in [1.29, 1.82) is 0 Å². The van der Waals surface area contributed by atoms with Gasteiger partial charge in [0.1, 0.15) is 27.5 Å². The number of alkyl halides is 2. The van der Waals surface area contributed by atoms with E-state index in [2.05, 4.69) is 37.2 Å². The van der Waals surface area contributed by atoms with Gasteiger partial charge in [-0.1, -0.05) is 62.2 Å². The average Bonchev–Trinajstić information content (AvgIpc) is 2.69. The number of benzene rings is 1. The SMILES string of the molecule is CC(C)(C)OC(=O)C1=C(CBr)C[S@](=O)[C@@H]2[C@H](NC(=O)C(Br)c3ccccc3)C(=O)N12. The second-order valence-corrected chi connectivity index (χ2v) is 11.0. The topological polar surface area (TPSA) is 92.8 Å². The molecule has 3 rings (SSSR count). The standard InChI is InChI=1S/C20H22Br2N2O5S/c1-20(2,3)29-19(27)15-12(9-21)10-30(28)18-14(17(26)24(15)18)23-16(25)13(22)11-7-5-4-6-8-11/h4-8,13-14,18H,9-10H2,1-3H3,(H,23,25)/t13?,14-,18-,30+/m1/s1. The molecule has 0 aromatic heterocycles. The highest BCUT2D eigenvalue weighted by Gasteiger charge is 2.57. The highest BCUT2D eigenvalue weighted by Crippen LogP contribution is 2.37. The molecule has 0 radical (unpaired) electrons. The summed E-state index contributed by atoms with van der Waals surface area (Å²) in [4.78, 5) is 38.9. The molecule has 7 nitrogen and oxygen atoms in total. The van der Waals surface area contributed by atoms with Crippen LogP contribution in [0.4, 0.5) is 0 Å². The van der Waals surface area contributed by atoms with Crippen LogP contribution in [0.25, 0.3) is 0 Å². The molecule has 1 aromatic rings. The van der Waals surface area contributed by atoms with E-state index in [-0.39, 0.29) is 11.4 Å². The summed E-state index contributed by atoms with van der Waals surface area (Å²) in [7, 11) is -1.46. The van der Waals surface area contributed by atoms with E-state index in [0.717, 1.165) is 5.56 Å². The fourth-order valence-corrected chi connectivity index (χ4v) is 6.12. The van der Waals surface area contributed by atoms with Gasteiger partial charge in [0.25, 0.3) is 5.91 Å². The van der Waals surface area contributed by atoms with Crippen LogP contribution in [0.5, 0.6) is 0 Å². The van der Waals surface area contributed by atoms with Crippen molar-refractivity contribution in [3.63, 3.8) is 0 Å². The highest BCUT2D eigenvalue weighted by atomic mass is 79.9. The van der Waals surface area contributed by atoms with Crippen LogP contribution in [-0.2, 0) is 29.9 Å². The first-order chi connectivity index (χ1) is 14.0. The number of amides is 2. The van der Waals surface area contributed by atoms with Gasteiger partial charge in [-0.3, -0.25) is 18.7 Å².